The van der Waals surface area contributed by atoms with Gasteiger partial charge in [-0.05, 0) is 18.8 Å². The third-order valence-corrected chi connectivity index (χ3v) is 5.76. The summed E-state index contributed by atoms with van der Waals surface area (Å²) in [6, 6.07) is 0. The summed E-state index contributed by atoms with van der Waals surface area (Å²) in [6.45, 7) is 9.38. The number of hydrogen-bond donors (Lipinski definition) is 0. The monoisotopic (exact) mass is 298 g/mol. The van der Waals surface area contributed by atoms with Crippen LogP contribution < -0.4 is 0 Å². The Morgan fingerprint density at radius 3 is 2.10 bits per heavy atom. The van der Waals surface area contributed by atoms with E-state index in [1.165, 1.54) is 0 Å². The molecule has 0 aromatic heterocycles. The van der Waals surface area contributed by atoms with Gasteiger partial charge in [0.1, 0.15) is 0 Å². The fourth-order valence-electron chi connectivity index (χ4n) is 2.25. The van der Waals surface area contributed by atoms with E-state index in [4.69, 9.17) is 0 Å². The van der Waals surface area contributed by atoms with Crippen molar-refractivity contribution in [2.75, 3.05) is 31.9 Å². The molecule has 0 spiro atoms. The smallest absolute Gasteiger partial charge is 0.232 e. The van der Waals surface area contributed by atoms with Crippen molar-refractivity contribution in [2.24, 2.45) is 11.8 Å². The van der Waals surface area contributed by atoms with E-state index in [2.05, 4.69) is 20.8 Å². The molecular formula is C15H26N2O2S. The minimum Gasteiger partial charge on any atom is -0.339 e. The standard InChI is InChI=1S/C15H26N2O2S/c1-11(2)12(3)20-10-14(18)16-6-8-17(9-7-16)15(19)13-4-5-13/h11-13H,4-10H2,1-3H3/t12-/m0/s1. The number of rotatable bonds is 5. The summed E-state index contributed by atoms with van der Waals surface area (Å²) in [6.07, 6.45) is 2.11. The van der Waals surface area contributed by atoms with Crippen LogP contribution in [0.3, 0.4) is 0 Å². The molecule has 0 radical (unpaired) electrons. The highest BCUT2D eigenvalue weighted by Gasteiger charge is 2.35. The molecule has 1 aliphatic carbocycles. The lowest BCUT2D eigenvalue weighted by atomic mass is 10.2. The summed E-state index contributed by atoms with van der Waals surface area (Å²) in [5, 5.41) is 0.511. The summed E-state index contributed by atoms with van der Waals surface area (Å²) in [4.78, 5) is 27.9. The van der Waals surface area contributed by atoms with Crippen LogP contribution in [0.5, 0.6) is 0 Å². The first-order valence-electron chi connectivity index (χ1n) is 7.67. The molecule has 0 unspecified atom stereocenters. The molecule has 2 amide bonds. The minimum atomic E-state index is 0.223. The average molecular weight is 298 g/mol. The Morgan fingerprint density at radius 1 is 1.05 bits per heavy atom. The highest BCUT2D eigenvalue weighted by atomic mass is 32.2. The summed E-state index contributed by atoms with van der Waals surface area (Å²) < 4.78 is 0. The highest BCUT2D eigenvalue weighted by Crippen LogP contribution is 2.31. The van der Waals surface area contributed by atoms with Crippen LogP contribution in [0.2, 0.25) is 0 Å². The number of carbonyl (C=O) groups is 2. The maximum Gasteiger partial charge on any atom is 0.232 e. The number of nitrogens with zero attached hydrogens (tertiary/aromatic N) is 2. The van der Waals surface area contributed by atoms with Gasteiger partial charge in [0.2, 0.25) is 11.8 Å². The van der Waals surface area contributed by atoms with Crippen LogP contribution in [0, 0.1) is 11.8 Å². The molecule has 5 heteroatoms. The van der Waals surface area contributed by atoms with E-state index in [1.54, 1.807) is 11.8 Å². The van der Waals surface area contributed by atoms with Crippen LogP contribution in [0.4, 0.5) is 0 Å². The van der Waals surface area contributed by atoms with Gasteiger partial charge in [-0.3, -0.25) is 9.59 Å². The van der Waals surface area contributed by atoms with Gasteiger partial charge in [0, 0.05) is 37.3 Å². The second-order valence-electron chi connectivity index (χ2n) is 6.24. The van der Waals surface area contributed by atoms with E-state index < -0.39 is 0 Å². The van der Waals surface area contributed by atoms with Gasteiger partial charge in [0.25, 0.3) is 0 Å². The second kappa shape index (κ2) is 6.83. The Balaban J connectivity index is 1.70. The predicted molar refractivity (Wildman–Crippen MR) is 82.6 cm³/mol. The largest absolute Gasteiger partial charge is 0.339 e. The number of hydrogen-bond acceptors (Lipinski definition) is 3. The zero-order valence-electron chi connectivity index (χ0n) is 12.8. The molecule has 1 saturated carbocycles. The number of amides is 2. The van der Waals surface area contributed by atoms with Gasteiger partial charge in [-0.25, -0.2) is 0 Å². The third-order valence-electron chi connectivity index (χ3n) is 4.28. The molecule has 1 aliphatic heterocycles. The fourth-order valence-corrected chi connectivity index (χ4v) is 3.22. The molecule has 1 heterocycles. The molecule has 0 aromatic rings. The molecule has 0 bridgehead atoms. The number of piperazine rings is 1. The minimum absolute atomic E-state index is 0.223. The Morgan fingerprint density at radius 2 is 1.60 bits per heavy atom. The van der Waals surface area contributed by atoms with Gasteiger partial charge in [-0.2, -0.15) is 0 Å². The first kappa shape index (κ1) is 15.7. The Labute approximate surface area is 126 Å². The van der Waals surface area contributed by atoms with Crippen LogP contribution in [0.1, 0.15) is 33.6 Å². The highest BCUT2D eigenvalue weighted by molar-refractivity contribution is 8.00. The van der Waals surface area contributed by atoms with E-state index in [1.807, 2.05) is 9.80 Å². The molecule has 2 fully saturated rings. The van der Waals surface area contributed by atoms with Crippen molar-refractivity contribution in [1.29, 1.82) is 0 Å². The van der Waals surface area contributed by atoms with E-state index in [0.29, 0.717) is 54.9 Å². The zero-order valence-corrected chi connectivity index (χ0v) is 13.6. The molecule has 2 rings (SSSR count). The molecule has 0 N–H and O–H groups in total. The summed E-state index contributed by atoms with van der Waals surface area (Å²) in [5.41, 5.74) is 0. The van der Waals surface area contributed by atoms with Crippen molar-refractivity contribution in [3.8, 4) is 0 Å². The van der Waals surface area contributed by atoms with Crippen molar-refractivity contribution in [1.82, 2.24) is 9.80 Å². The van der Waals surface area contributed by atoms with Gasteiger partial charge < -0.3 is 9.80 Å². The number of carbonyl (C=O) groups excluding carboxylic acids is 2. The van der Waals surface area contributed by atoms with Gasteiger partial charge in [-0.1, -0.05) is 20.8 Å². The molecule has 4 nitrogen and oxygen atoms in total. The lowest BCUT2D eigenvalue weighted by Gasteiger charge is -2.35. The fraction of sp³-hybridized carbons (Fsp3) is 0.867. The maximum absolute atomic E-state index is 12.1. The van der Waals surface area contributed by atoms with Gasteiger partial charge in [-0.15, -0.1) is 11.8 Å². The van der Waals surface area contributed by atoms with Gasteiger partial charge in [0.05, 0.1) is 5.75 Å². The summed E-state index contributed by atoms with van der Waals surface area (Å²) in [7, 11) is 0. The lowest BCUT2D eigenvalue weighted by molar-refractivity contribution is -0.139. The topological polar surface area (TPSA) is 40.6 Å². The second-order valence-corrected chi connectivity index (χ2v) is 7.61. The van der Waals surface area contributed by atoms with Crippen LogP contribution >= 0.6 is 11.8 Å². The van der Waals surface area contributed by atoms with Crippen molar-refractivity contribution in [2.45, 2.75) is 38.9 Å². The van der Waals surface area contributed by atoms with Crippen molar-refractivity contribution in [3.05, 3.63) is 0 Å². The molecule has 0 aromatic carbocycles. The Hall–Kier alpha value is -0.710. The zero-order chi connectivity index (χ0) is 14.7. The van der Waals surface area contributed by atoms with Crippen LogP contribution in [0.15, 0.2) is 0 Å². The van der Waals surface area contributed by atoms with Crippen molar-refractivity contribution < 1.29 is 9.59 Å². The summed E-state index contributed by atoms with van der Waals surface area (Å²) in [5.74, 6) is 1.98. The predicted octanol–water partition coefficient (Wildman–Crippen LogP) is 1.84. The first-order valence-corrected chi connectivity index (χ1v) is 8.72. The first-order chi connectivity index (χ1) is 9.49. The van der Waals surface area contributed by atoms with Crippen LogP contribution in [-0.2, 0) is 9.59 Å². The van der Waals surface area contributed by atoms with Crippen LogP contribution in [0.25, 0.3) is 0 Å². The molecule has 20 heavy (non-hydrogen) atoms. The van der Waals surface area contributed by atoms with Gasteiger partial charge >= 0.3 is 0 Å². The van der Waals surface area contributed by atoms with Crippen LogP contribution in [-0.4, -0.2) is 58.8 Å². The average Bonchev–Trinajstić information content (AvgIpc) is 3.28. The maximum atomic E-state index is 12.1. The SMILES string of the molecule is CC(C)[C@H](C)SCC(=O)N1CCN(C(=O)C2CC2)CC1. The Bertz CT molecular complexity index is 361. The van der Waals surface area contributed by atoms with Crippen molar-refractivity contribution in [3.63, 3.8) is 0 Å². The normalized spacial score (nSPS) is 21.2. The third kappa shape index (κ3) is 4.14. The molecule has 114 valence electrons. The van der Waals surface area contributed by atoms with E-state index in [-0.39, 0.29) is 5.91 Å². The molecular weight excluding hydrogens is 272 g/mol. The van der Waals surface area contributed by atoms with E-state index >= 15 is 0 Å². The molecule has 2 aliphatic rings. The van der Waals surface area contributed by atoms with E-state index in [0.717, 1.165) is 12.8 Å². The molecule has 1 atom stereocenters. The molecule has 1 saturated heterocycles. The lowest BCUT2D eigenvalue weighted by Crippen LogP contribution is -2.51. The quantitative estimate of drug-likeness (QED) is 0.778. The number of thioether (sulfide) groups is 1. The van der Waals surface area contributed by atoms with E-state index in [9.17, 15) is 9.59 Å². The Kier molecular flexibility index (Phi) is 5.35. The van der Waals surface area contributed by atoms with Gasteiger partial charge in [0.15, 0.2) is 0 Å². The summed E-state index contributed by atoms with van der Waals surface area (Å²) >= 11 is 1.74. The van der Waals surface area contributed by atoms with Crippen molar-refractivity contribution >= 4 is 23.6 Å².